The van der Waals surface area contributed by atoms with E-state index in [0.717, 1.165) is 22.5 Å². The Morgan fingerprint density at radius 1 is 0.679 bits per heavy atom. The Labute approximate surface area is 167 Å². The zero-order chi connectivity index (χ0) is 20.5. The van der Waals surface area contributed by atoms with E-state index in [0.29, 0.717) is 5.57 Å². The summed E-state index contributed by atoms with van der Waals surface area (Å²) in [6, 6.07) is 20.1. The molecule has 0 radical (unpaired) electrons. The molecule has 0 amide bonds. The van der Waals surface area contributed by atoms with Gasteiger partial charge in [-0.1, -0.05) is 48.6 Å². The lowest BCUT2D eigenvalue weighted by Gasteiger charge is -2.11. The lowest BCUT2D eigenvalue weighted by Crippen LogP contribution is -2.07. The molecule has 0 bridgehead atoms. The number of nitriles is 2. The maximum atomic E-state index is 9.28. The second-order valence-corrected chi connectivity index (χ2v) is 6.69. The Bertz CT molecular complexity index is 882. The van der Waals surface area contributed by atoms with Gasteiger partial charge in [0.05, 0.1) is 0 Å². The maximum absolute atomic E-state index is 9.28. The van der Waals surface area contributed by atoms with Crippen molar-refractivity contribution in [1.82, 2.24) is 0 Å². The van der Waals surface area contributed by atoms with Crippen molar-refractivity contribution in [3.63, 3.8) is 0 Å². The SMILES string of the molecule is CN(C)c1ccc(/C=C/C(/C=C/c2ccc(N(C)C)cc2)=C(C#N)C#N)cc1. The van der Waals surface area contributed by atoms with Crippen LogP contribution in [-0.2, 0) is 0 Å². The first-order valence-electron chi connectivity index (χ1n) is 8.90. The number of anilines is 2. The van der Waals surface area contributed by atoms with Gasteiger partial charge in [-0.3, -0.25) is 0 Å². The van der Waals surface area contributed by atoms with Crippen molar-refractivity contribution in [2.24, 2.45) is 0 Å². The highest BCUT2D eigenvalue weighted by molar-refractivity contribution is 5.65. The second kappa shape index (κ2) is 9.80. The van der Waals surface area contributed by atoms with Gasteiger partial charge in [-0.15, -0.1) is 0 Å². The molecule has 0 atom stereocenters. The fourth-order valence-electron chi connectivity index (χ4n) is 2.52. The van der Waals surface area contributed by atoms with Crippen LogP contribution >= 0.6 is 0 Å². The van der Waals surface area contributed by atoms with E-state index in [1.54, 1.807) is 12.2 Å². The molecule has 2 aromatic carbocycles. The predicted molar refractivity (Wildman–Crippen MR) is 118 cm³/mol. The van der Waals surface area contributed by atoms with Crippen LogP contribution in [0.1, 0.15) is 11.1 Å². The molecule has 4 nitrogen and oxygen atoms in total. The topological polar surface area (TPSA) is 54.1 Å². The summed E-state index contributed by atoms with van der Waals surface area (Å²) in [6.07, 6.45) is 7.42. The largest absolute Gasteiger partial charge is 0.378 e. The lowest BCUT2D eigenvalue weighted by atomic mass is 10.1. The highest BCUT2D eigenvalue weighted by atomic mass is 15.1. The van der Waals surface area contributed by atoms with Crippen LogP contribution in [0.5, 0.6) is 0 Å². The number of hydrogen-bond acceptors (Lipinski definition) is 4. The Morgan fingerprint density at radius 3 is 1.32 bits per heavy atom. The van der Waals surface area contributed by atoms with Gasteiger partial charge in [0.1, 0.15) is 17.7 Å². The average molecular weight is 368 g/mol. The Kier molecular flexibility index (Phi) is 7.20. The third-order valence-corrected chi connectivity index (χ3v) is 4.24. The number of benzene rings is 2. The average Bonchev–Trinajstić information content (AvgIpc) is 2.70. The van der Waals surface area contributed by atoms with Gasteiger partial charge in [-0.2, -0.15) is 10.5 Å². The Balaban J connectivity index is 2.27. The van der Waals surface area contributed by atoms with Gasteiger partial charge >= 0.3 is 0 Å². The van der Waals surface area contributed by atoms with Gasteiger partial charge in [-0.05, 0) is 35.4 Å². The lowest BCUT2D eigenvalue weighted by molar-refractivity contribution is 1.13. The van der Waals surface area contributed by atoms with Crippen molar-refractivity contribution in [3.05, 3.63) is 83.0 Å². The zero-order valence-electron chi connectivity index (χ0n) is 16.7. The van der Waals surface area contributed by atoms with Crippen LogP contribution in [0.3, 0.4) is 0 Å². The molecule has 2 rings (SSSR count). The molecule has 0 fully saturated rings. The zero-order valence-corrected chi connectivity index (χ0v) is 16.7. The third kappa shape index (κ3) is 5.62. The standard InChI is InChI=1S/C24H24N4/c1-27(2)23-13-7-19(8-14-23)5-11-21(22(17-25)18-26)12-6-20-9-15-24(16-10-20)28(3)4/h5-16H,1-4H3/b11-5+,12-6+. The van der Waals surface area contributed by atoms with Gasteiger partial charge in [0, 0.05) is 45.1 Å². The molecule has 0 aliphatic carbocycles. The first-order valence-corrected chi connectivity index (χ1v) is 8.90. The van der Waals surface area contributed by atoms with Crippen molar-refractivity contribution in [2.75, 3.05) is 38.0 Å². The summed E-state index contributed by atoms with van der Waals surface area (Å²) in [7, 11) is 7.97. The van der Waals surface area contributed by atoms with E-state index < -0.39 is 0 Å². The monoisotopic (exact) mass is 368 g/mol. The van der Waals surface area contributed by atoms with Crippen molar-refractivity contribution >= 4 is 23.5 Å². The van der Waals surface area contributed by atoms with Crippen molar-refractivity contribution in [1.29, 1.82) is 10.5 Å². The second-order valence-electron chi connectivity index (χ2n) is 6.69. The molecule has 0 N–H and O–H groups in total. The maximum Gasteiger partial charge on any atom is 0.136 e. The number of allylic oxidation sites excluding steroid dienone is 4. The van der Waals surface area contributed by atoms with Crippen LogP contribution < -0.4 is 9.80 Å². The van der Waals surface area contributed by atoms with Crippen LogP contribution in [0.4, 0.5) is 11.4 Å². The number of hydrogen-bond donors (Lipinski definition) is 0. The molecule has 28 heavy (non-hydrogen) atoms. The minimum absolute atomic E-state index is 0.0855. The first kappa shape index (κ1) is 20.6. The molecule has 0 aliphatic rings. The van der Waals surface area contributed by atoms with E-state index in [-0.39, 0.29) is 5.57 Å². The summed E-state index contributed by atoms with van der Waals surface area (Å²) in [5, 5.41) is 18.6. The van der Waals surface area contributed by atoms with Crippen LogP contribution in [0, 0.1) is 22.7 Å². The fourth-order valence-corrected chi connectivity index (χ4v) is 2.52. The van der Waals surface area contributed by atoms with Crippen LogP contribution in [0.2, 0.25) is 0 Å². The molecular weight excluding hydrogens is 344 g/mol. The van der Waals surface area contributed by atoms with Gasteiger partial charge in [0.15, 0.2) is 0 Å². The summed E-state index contributed by atoms with van der Waals surface area (Å²) in [6.45, 7) is 0. The fraction of sp³-hybridized carbons (Fsp3) is 0.167. The molecule has 0 saturated heterocycles. The highest BCUT2D eigenvalue weighted by Gasteiger charge is 2.01. The van der Waals surface area contributed by atoms with Gasteiger partial charge < -0.3 is 9.80 Å². The molecule has 140 valence electrons. The predicted octanol–water partition coefficient (Wildman–Crippen LogP) is 4.89. The van der Waals surface area contributed by atoms with E-state index in [1.165, 1.54) is 0 Å². The highest BCUT2D eigenvalue weighted by Crippen LogP contribution is 2.17. The smallest absolute Gasteiger partial charge is 0.136 e. The van der Waals surface area contributed by atoms with Crippen molar-refractivity contribution in [3.8, 4) is 12.1 Å². The normalized spacial score (nSPS) is 10.5. The molecular formula is C24H24N4. The number of rotatable bonds is 6. The van der Waals surface area contributed by atoms with E-state index in [1.807, 2.05) is 111 Å². The van der Waals surface area contributed by atoms with Crippen LogP contribution in [0.25, 0.3) is 12.2 Å². The quantitative estimate of drug-likeness (QED) is 0.538. The van der Waals surface area contributed by atoms with Crippen molar-refractivity contribution < 1.29 is 0 Å². The summed E-state index contributed by atoms with van der Waals surface area (Å²) < 4.78 is 0. The van der Waals surface area contributed by atoms with Crippen LogP contribution in [-0.4, -0.2) is 28.2 Å². The molecule has 4 heteroatoms. The molecule has 0 aromatic heterocycles. The van der Waals surface area contributed by atoms with Gasteiger partial charge in [0.2, 0.25) is 0 Å². The minimum atomic E-state index is 0.0855. The molecule has 2 aromatic rings. The van der Waals surface area contributed by atoms with Crippen LogP contribution in [0.15, 0.2) is 71.8 Å². The summed E-state index contributed by atoms with van der Waals surface area (Å²) >= 11 is 0. The van der Waals surface area contributed by atoms with E-state index in [2.05, 4.69) is 0 Å². The summed E-state index contributed by atoms with van der Waals surface area (Å²) in [5.41, 5.74) is 4.90. The third-order valence-electron chi connectivity index (χ3n) is 4.24. The molecule has 0 saturated carbocycles. The summed E-state index contributed by atoms with van der Waals surface area (Å²) in [5.74, 6) is 0. The summed E-state index contributed by atoms with van der Waals surface area (Å²) in [4.78, 5) is 4.07. The Morgan fingerprint density at radius 2 is 1.04 bits per heavy atom. The number of nitrogens with zero attached hydrogens (tertiary/aromatic N) is 4. The van der Waals surface area contributed by atoms with E-state index in [9.17, 15) is 10.5 Å². The van der Waals surface area contributed by atoms with Crippen molar-refractivity contribution in [2.45, 2.75) is 0 Å². The molecule has 0 spiro atoms. The van der Waals surface area contributed by atoms with E-state index >= 15 is 0 Å². The minimum Gasteiger partial charge on any atom is -0.378 e. The first-order chi connectivity index (χ1) is 13.4. The molecule has 0 heterocycles. The Hall–Kier alpha value is -3.76. The van der Waals surface area contributed by atoms with Gasteiger partial charge in [-0.25, -0.2) is 0 Å². The molecule has 0 unspecified atom stereocenters. The van der Waals surface area contributed by atoms with Gasteiger partial charge in [0.25, 0.3) is 0 Å². The molecule has 0 aliphatic heterocycles. The van der Waals surface area contributed by atoms with E-state index in [4.69, 9.17) is 0 Å².